The van der Waals surface area contributed by atoms with Gasteiger partial charge in [-0.1, -0.05) is 6.92 Å². The minimum Gasteiger partial charge on any atom is -0.370 e. The first-order valence-corrected chi connectivity index (χ1v) is 7.42. The summed E-state index contributed by atoms with van der Waals surface area (Å²) in [5.41, 5.74) is 1.16. The van der Waals surface area contributed by atoms with Crippen LogP contribution in [0.5, 0.6) is 0 Å². The van der Waals surface area contributed by atoms with Crippen LogP contribution >= 0.6 is 0 Å². The first-order chi connectivity index (χ1) is 9.08. The Morgan fingerprint density at radius 3 is 2.53 bits per heavy atom. The molecule has 0 spiro atoms. The third kappa shape index (κ3) is 2.99. The third-order valence-electron chi connectivity index (χ3n) is 4.08. The van der Waals surface area contributed by atoms with Crippen LogP contribution in [0.25, 0.3) is 0 Å². The van der Waals surface area contributed by atoms with Gasteiger partial charge in [0, 0.05) is 31.6 Å². The summed E-state index contributed by atoms with van der Waals surface area (Å²) in [5.74, 6) is 3.83. The first-order valence-electron chi connectivity index (χ1n) is 7.42. The number of rotatable bonds is 6. The molecule has 1 aromatic heterocycles. The molecule has 4 heteroatoms. The monoisotopic (exact) mass is 262 g/mol. The molecule has 1 fully saturated rings. The number of nitrogens with one attached hydrogen (secondary N) is 1. The second kappa shape index (κ2) is 5.76. The molecule has 1 aliphatic rings. The van der Waals surface area contributed by atoms with Crippen LogP contribution < -0.4 is 10.2 Å². The van der Waals surface area contributed by atoms with Gasteiger partial charge in [0.1, 0.15) is 17.5 Å². The minimum atomic E-state index is 0.563. The minimum absolute atomic E-state index is 0.563. The van der Waals surface area contributed by atoms with Crippen LogP contribution in [0, 0.1) is 12.8 Å². The van der Waals surface area contributed by atoms with E-state index in [1.54, 1.807) is 0 Å². The van der Waals surface area contributed by atoms with Crippen LogP contribution in [-0.2, 0) is 6.42 Å². The highest BCUT2D eigenvalue weighted by Gasteiger charge is 2.32. The molecule has 4 nitrogen and oxygen atoms in total. The van der Waals surface area contributed by atoms with E-state index >= 15 is 0 Å². The Morgan fingerprint density at radius 1 is 1.32 bits per heavy atom. The average molecular weight is 262 g/mol. The summed E-state index contributed by atoms with van der Waals surface area (Å²) < 4.78 is 0. The van der Waals surface area contributed by atoms with E-state index in [9.17, 15) is 0 Å². The zero-order chi connectivity index (χ0) is 14.0. The molecule has 1 atom stereocenters. The van der Waals surface area contributed by atoms with Gasteiger partial charge >= 0.3 is 0 Å². The molecule has 0 saturated heterocycles. The lowest BCUT2D eigenvalue weighted by Gasteiger charge is -2.28. The fourth-order valence-electron chi connectivity index (χ4n) is 2.48. The van der Waals surface area contributed by atoms with Crippen molar-refractivity contribution >= 4 is 11.6 Å². The molecule has 0 bridgehead atoms. The summed E-state index contributed by atoms with van der Waals surface area (Å²) in [6.45, 7) is 9.51. The molecule has 1 saturated carbocycles. The van der Waals surface area contributed by atoms with Gasteiger partial charge in [-0.05, 0) is 39.5 Å². The zero-order valence-corrected chi connectivity index (χ0v) is 12.8. The SMILES string of the molecule is CCNc1nc(CC)nc(N(C)C(C)C2CC2)c1C. The highest BCUT2D eigenvalue weighted by atomic mass is 15.2. The van der Waals surface area contributed by atoms with E-state index in [-0.39, 0.29) is 0 Å². The predicted octanol–water partition coefficient (Wildman–Crippen LogP) is 3.01. The van der Waals surface area contributed by atoms with Crippen LogP contribution in [0.1, 0.15) is 45.0 Å². The Hall–Kier alpha value is -1.32. The first kappa shape index (κ1) is 14.1. The normalized spacial score (nSPS) is 16.3. The molecule has 1 aliphatic carbocycles. The molecular formula is C15H26N4. The highest BCUT2D eigenvalue weighted by molar-refractivity contribution is 5.58. The van der Waals surface area contributed by atoms with Gasteiger partial charge in [0.2, 0.25) is 0 Å². The van der Waals surface area contributed by atoms with Crippen LogP contribution in [0.3, 0.4) is 0 Å². The fourth-order valence-corrected chi connectivity index (χ4v) is 2.48. The zero-order valence-electron chi connectivity index (χ0n) is 12.8. The van der Waals surface area contributed by atoms with Crippen molar-refractivity contribution in [1.29, 1.82) is 0 Å². The molecule has 1 unspecified atom stereocenters. The van der Waals surface area contributed by atoms with E-state index in [0.29, 0.717) is 6.04 Å². The van der Waals surface area contributed by atoms with E-state index in [4.69, 9.17) is 4.98 Å². The molecule has 0 aromatic carbocycles. The highest BCUT2D eigenvalue weighted by Crippen LogP contribution is 2.37. The summed E-state index contributed by atoms with van der Waals surface area (Å²) >= 11 is 0. The van der Waals surface area contributed by atoms with Gasteiger partial charge in [-0.15, -0.1) is 0 Å². The van der Waals surface area contributed by atoms with E-state index < -0.39 is 0 Å². The van der Waals surface area contributed by atoms with Crippen molar-refractivity contribution in [3.8, 4) is 0 Å². The summed E-state index contributed by atoms with van der Waals surface area (Å²) in [4.78, 5) is 11.7. The molecule has 1 aromatic rings. The lowest BCUT2D eigenvalue weighted by Crippen LogP contribution is -2.32. The molecule has 0 amide bonds. The standard InChI is InChI=1S/C15H26N4/c1-6-13-17-14(16-7-2)10(3)15(18-13)19(5)11(4)12-8-9-12/h11-12H,6-9H2,1-5H3,(H,16,17,18). The van der Waals surface area contributed by atoms with Crippen molar-refractivity contribution < 1.29 is 0 Å². The second-order valence-corrected chi connectivity index (χ2v) is 5.51. The summed E-state index contributed by atoms with van der Waals surface area (Å²) in [6, 6.07) is 0.563. The second-order valence-electron chi connectivity index (χ2n) is 5.51. The van der Waals surface area contributed by atoms with Crippen LogP contribution in [0.4, 0.5) is 11.6 Å². The van der Waals surface area contributed by atoms with E-state index in [1.165, 1.54) is 12.8 Å². The van der Waals surface area contributed by atoms with Crippen molar-refractivity contribution in [3.05, 3.63) is 11.4 Å². The van der Waals surface area contributed by atoms with Crippen LogP contribution in [-0.4, -0.2) is 29.6 Å². The van der Waals surface area contributed by atoms with Gasteiger partial charge in [0.25, 0.3) is 0 Å². The topological polar surface area (TPSA) is 41.1 Å². The molecule has 0 radical (unpaired) electrons. The van der Waals surface area contributed by atoms with Gasteiger partial charge in [-0.25, -0.2) is 9.97 Å². The lowest BCUT2D eigenvalue weighted by atomic mass is 10.1. The van der Waals surface area contributed by atoms with Gasteiger partial charge in [0.05, 0.1) is 0 Å². The molecule has 2 rings (SSSR count). The molecule has 19 heavy (non-hydrogen) atoms. The van der Waals surface area contributed by atoms with E-state index in [2.05, 4.69) is 49.9 Å². The Kier molecular flexibility index (Phi) is 4.27. The Morgan fingerprint density at radius 2 is 2.00 bits per heavy atom. The van der Waals surface area contributed by atoms with Crippen molar-refractivity contribution in [2.24, 2.45) is 5.92 Å². The molecule has 1 N–H and O–H groups in total. The molecular weight excluding hydrogens is 236 g/mol. The van der Waals surface area contributed by atoms with Crippen LogP contribution in [0.15, 0.2) is 0 Å². The summed E-state index contributed by atoms with van der Waals surface area (Å²) in [7, 11) is 2.16. The third-order valence-corrected chi connectivity index (χ3v) is 4.08. The Labute approximate surface area is 116 Å². The Balaban J connectivity index is 2.33. The number of nitrogens with zero attached hydrogens (tertiary/aromatic N) is 3. The number of hydrogen-bond acceptors (Lipinski definition) is 4. The summed E-state index contributed by atoms with van der Waals surface area (Å²) in [5, 5.41) is 3.35. The maximum atomic E-state index is 4.74. The maximum Gasteiger partial charge on any atom is 0.137 e. The van der Waals surface area contributed by atoms with Gasteiger partial charge in [-0.2, -0.15) is 0 Å². The molecule has 106 valence electrons. The number of aromatic nitrogens is 2. The quantitative estimate of drug-likeness (QED) is 0.855. The summed E-state index contributed by atoms with van der Waals surface area (Å²) in [6.07, 6.45) is 3.59. The van der Waals surface area contributed by atoms with Crippen molar-refractivity contribution in [2.45, 2.75) is 53.0 Å². The van der Waals surface area contributed by atoms with Gasteiger partial charge < -0.3 is 10.2 Å². The number of anilines is 2. The largest absolute Gasteiger partial charge is 0.370 e. The fraction of sp³-hybridized carbons (Fsp3) is 0.733. The number of hydrogen-bond donors (Lipinski definition) is 1. The predicted molar refractivity (Wildman–Crippen MR) is 80.9 cm³/mol. The van der Waals surface area contributed by atoms with Gasteiger partial charge in [0.15, 0.2) is 0 Å². The molecule has 1 heterocycles. The van der Waals surface area contributed by atoms with Crippen molar-refractivity contribution in [1.82, 2.24) is 9.97 Å². The van der Waals surface area contributed by atoms with Crippen molar-refractivity contribution in [2.75, 3.05) is 23.8 Å². The lowest BCUT2D eigenvalue weighted by molar-refractivity contribution is 0.601. The number of aryl methyl sites for hydroxylation is 1. The Bertz CT molecular complexity index is 440. The smallest absolute Gasteiger partial charge is 0.137 e. The van der Waals surface area contributed by atoms with Gasteiger partial charge in [-0.3, -0.25) is 0 Å². The maximum absolute atomic E-state index is 4.74. The van der Waals surface area contributed by atoms with E-state index in [0.717, 1.165) is 41.9 Å². The van der Waals surface area contributed by atoms with Crippen molar-refractivity contribution in [3.63, 3.8) is 0 Å². The van der Waals surface area contributed by atoms with E-state index in [1.807, 2.05) is 0 Å². The molecule has 0 aliphatic heterocycles. The average Bonchev–Trinajstić information content (AvgIpc) is 3.24. The van der Waals surface area contributed by atoms with Crippen LogP contribution in [0.2, 0.25) is 0 Å².